The number of rotatable bonds is 8. The summed E-state index contributed by atoms with van der Waals surface area (Å²) in [6.45, 7) is 6.74. The topological polar surface area (TPSA) is 40.1 Å². The molecule has 146 valence electrons. The summed E-state index contributed by atoms with van der Waals surface area (Å²) in [5, 5.41) is 3.43. The maximum absolute atomic E-state index is 5.46. The molecular formula is C21H36N4O. The van der Waals surface area contributed by atoms with Crippen LogP contribution in [0.1, 0.15) is 31.7 Å². The lowest BCUT2D eigenvalue weighted by Crippen LogP contribution is -2.40. The molecule has 0 amide bonds. The number of anilines is 1. The van der Waals surface area contributed by atoms with Gasteiger partial charge < -0.3 is 19.9 Å². The average Bonchev–Trinajstić information content (AvgIpc) is 2.66. The van der Waals surface area contributed by atoms with E-state index in [2.05, 4.69) is 67.4 Å². The van der Waals surface area contributed by atoms with Gasteiger partial charge in [0.1, 0.15) is 0 Å². The Morgan fingerprint density at radius 2 is 1.85 bits per heavy atom. The number of hydrogen-bond acceptors (Lipinski definition) is 3. The summed E-state index contributed by atoms with van der Waals surface area (Å²) in [5.74, 6) is 1.81. The summed E-state index contributed by atoms with van der Waals surface area (Å²) >= 11 is 0. The molecule has 0 saturated carbocycles. The van der Waals surface area contributed by atoms with Gasteiger partial charge in [0.2, 0.25) is 0 Å². The first kappa shape index (κ1) is 20.6. The predicted molar refractivity (Wildman–Crippen MR) is 111 cm³/mol. The number of nitrogens with zero attached hydrogens (tertiary/aromatic N) is 3. The predicted octanol–water partition coefficient (Wildman–Crippen LogP) is 3.01. The van der Waals surface area contributed by atoms with Crippen molar-refractivity contribution < 1.29 is 4.74 Å². The number of benzene rings is 1. The molecule has 1 N–H and O–H groups in total. The zero-order valence-electron chi connectivity index (χ0n) is 17.0. The summed E-state index contributed by atoms with van der Waals surface area (Å²) in [4.78, 5) is 9.22. The number of nitrogens with one attached hydrogen (secondary N) is 1. The van der Waals surface area contributed by atoms with E-state index >= 15 is 0 Å². The van der Waals surface area contributed by atoms with E-state index < -0.39 is 0 Å². The van der Waals surface area contributed by atoms with Crippen LogP contribution in [0.25, 0.3) is 0 Å². The lowest BCUT2D eigenvalue weighted by molar-refractivity contribution is 0.0625. The summed E-state index contributed by atoms with van der Waals surface area (Å²) in [6.07, 6.45) is 4.58. The Labute approximate surface area is 159 Å². The van der Waals surface area contributed by atoms with Gasteiger partial charge in [-0.1, -0.05) is 12.1 Å². The van der Waals surface area contributed by atoms with Gasteiger partial charge >= 0.3 is 0 Å². The average molecular weight is 361 g/mol. The summed E-state index contributed by atoms with van der Waals surface area (Å²) in [6, 6.07) is 8.74. The lowest BCUT2D eigenvalue weighted by atomic mass is 9.96. The van der Waals surface area contributed by atoms with Gasteiger partial charge in [-0.15, -0.1) is 0 Å². The molecule has 0 aliphatic carbocycles. The molecule has 1 aliphatic heterocycles. The normalized spacial score (nSPS) is 15.8. The molecule has 0 aromatic heterocycles. The van der Waals surface area contributed by atoms with Gasteiger partial charge in [0.25, 0.3) is 0 Å². The Morgan fingerprint density at radius 1 is 1.15 bits per heavy atom. The van der Waals surface area contributed by atoms with Crippen molar-refractivity contribution in [1.29, 1.82) is 0 Å². The van der Waals surface area contributed by atoms with Gasteiger partial charge in [-0.3, -0.25) is 4.99 Å². The van der Waals surface area contributed by atoms with E-state index in [9.17, 15) is 0 Å². The minimum atomic E-state index is 0.796. The van der Waals surface area contributed by atoms with E-state index in [-0.39, 0.29) is 0 Å². The highest BCUT2D eigenvalue weighted by molar-refractivity contribution is 5.79. The molecule has 5 heteroatoms. The molecule has 1 fully saturated rings. The van der Waals surface area contributed by atoms with Crippen LogP contribution in [0.4, 0.5) is 5.69 Å². The standard InChI is InChI=1S/C21H36N4O/c1-5-22-21(25(4)15-11-19-12-16-26-17-13-19)23-14-10-18-6-8-20(9-7-18)24(2)3/h6-9,19H,5,10-17H2,1-4H3,(H,22,23). The number of guanidine groups is 1. The third kappa shape index (κ3) is 6.87. The first-order valence-electron chi connectivity index (χ1n) is 9.93. The van der Waals surface area contributed by atoms with Crippen LogP contribution in [0.2, 0.25) is 0 Å². The van der Waals surface area contributed by atoms with Crippen LogP contribution in [0.5, 0.6) is 0 Å². The Morgan fingerprint density at radius 3 is 2.46 bits per heavy atom. The SMILES string of the molecule is CCNC(=NCCc1ccc(N(C)C)cc1)N(C)CCC1CCOCC1. The molecule has 1 aromatic carbocycles. The fraction of sp³-hybridized carbons (Fsp3) is 0.667. The second-order valence-corrected chi connectivity index (χ2v) is 7.31. The van der Waals surface area contributed by atoms with Crippen molar-refractivity contribution in [2.75, 3.05) is 58.9 Å². The Bertz CT molecular complexity index is 535. The smallest absolute Gasteiger partial charge is 0.193 e. The Balaban J connectivity index is 1.82. The molecule has 5 nitrogen and oxygen atoms in total. The van der Waals surface area contributed by atoms with Crippen LogP contribution in [0, 0.1) is 5.92 Å². The third-order valence-electron chi connectivity index (χ3n) is 5.02. The van der Waals surface area contributed by atoms with Gasteiger partial charge in [-0.05, 0) is 56.2 Å². The van der Waals surface area contributed by atoms with Gasteiger partial charge in [-0.2, -0.15) is 0 Å². The highest BCUT2D eigenvalue weighted by atomic mass is 16.5. The Hall–Kier alpha value is -1.75. The molecule has 0 spiro atoms. The van der Waals surface area contributed by atoms with Crippen molar-refractivity contribution >= 4 is 11.6 Å². The van der Waals surface area contributed by atoms with E-state index in [1.807, 2.05) is 0 Å². The number of aliphatic imine (C=N–C) groups is 1. The summed E-state index contributed by atoms with van der Waals surface area (Å²) in [7, 11) is 6.28. The van der Waals surface area contributed by atoms with E-state index in [1.54, 1.807) is 0 Å². The maximum Gasteiger partial charge on any atom is 0.193 e. The van der Waals surface area contributed by atoms with E-state index in [0.717, 1.165) is 51.1 Å². The number of hydrogen-bond donors (Lipinski definition) is 1. The highest BCUT2D eigenvalue weighted by Crippen LogP contribution is 2.18. The first-order chi connectivity index (χ1) is 12.6. The van der Waals surface area contributed by atoms with Crippen LogP contribution in [0.3, 0.4) is 0 Å². The van der Waals surface area contributed by atoms with E-state index in [1.165, 1.54) is 30.5 Å². The van der Waals surface area contributed by atoms with Gasteiger partial charge in [-0.25, -0.2) is 0 Å². The van der Waals surface area contributed by atoms with Crippen molar-refractivity contribution in [2.45, 2.75) is 32.6 Å². The van der Waals surface area contributed by atoms with Crippen molar-refractivity contribution in [3.8, 4) is 0 Å². The molecule has 0 atom stereocenters. The molecule has 1 aromatic rings. The van der Waals surface area contributed by atoms with E-state index in [0.29, 0.717) is 0 Å². The quantitative estimate of drug-likeness (QED) is 0.571. The van der Waals surface area contributed by atoms with Gasteiger partial charge in [0.05, 0.1) is 0 Å². The molecule has 1 heterocycles. The van der Waals surface area contributed by atoms with Crippen LogP contribution in [-0.2, 0) is 11.2 Å². The zero-order valence-corrected chi connectivity index (χ0v) is 17.0. The summed E-state index contributed by atoms with van der Waals surface area (Å²) in [5.41, 5.74) is 2.57. The molecule has 0 unspecified atom stereocenters. The maximum atomic E-state index is 5.46. The van der Waals surface area contributed by atoms with Crippen LogP contribution in [0.15, 0.2) is 29.3 Å². The fourth-order valence-corrected chi connectivity index (χ4v) is 3.24. The van der Waals surface area contributed by atoms with Crippen molar-refractivity contribution in [2.24, 2.45) is 10.9 Å². The Kier molecular flexibility index (Phi) is 8.75. The van der Waals surface area contributed by atoms with Crippen LogP contribution >= 0.6 is 0 Å². The molecular weight excluding hydrogens is 324 g/mol. The molecule has 26 heavy (non-hydrogen) atoms. The van der Waals surface area contributed by atoms with Crippen molar-refractivity contribution in [1.82, 2.24) is 10.2 Å². The van der Waals surface area contributed by atoms with E-state index in [4.69, 9.17) is 9.73 Å². The van der Waals surface area contributed by atoms with Crippen LogP contribution in [-0.4, -0.2) is 64.9 Å². The largest absolute Gasteiger partial charge is 0.381 e. The van der Waals surface area contributed by atoms with Gasteiger partial charge in [0.15, 0.2) is 5.96 Å². The summed E-state index contributed by atoms with van der Waals surface area (Å²) < 4.78 is 5.46. The fourth-order valence-electron chi connectivity index (χ4n) is 3.24. The molecule has 0 radical (unpaired) electrons. The minimum absolute atomic E-state index is 0.796. The minimum Gasteiger partial charge on any atom is -0.381 e. The highest BCUT2D eigenvalue weighted by Gasteiger charge is 2.15. The zero-order chi connectivity index (χ0) is 18.8. The molecule has 0 bridgehead atoms. The van der Waals surface area contributed by atoms with Crippen LogP contribution < -0.4 is 10.2 Å². The third-order valence-corrected chi connectivity index (χ3v) is 5.02. The molecule has 1 aliphatic rings. The van der Waals surface area contributed by atoms with Gasteiger partial charge in [0, 0.05) is 59.7 Å². The molecule has 1 saturated heterocycles. The lowest BCUT2D eigenvalue weighted by Gasteiger charge is -2.26. The second kappa shape index (κ2) is 11.1. The second-order valence-electron chi connectivity index (χ2n) is 7.31. The first-order valence-corrected chi connectivity index (χ1v) is 9.93. The van der Waals surface area contributed by atoms with Crippen molar-refractivity contribution in [3.63, 3.8) is 0 Å². The molecule has 2 rings (SSSR count). The number of ether oxygens (including phenoxy) is 1. The van der Waals surface area contributed by atoms with Crippen molar-refractivity contribution in [3.05, 3.63) is 29.8 Å². The monoisotopic (exact) mass is 360 g/mol.